The van der Waals surface area contributed by atoms with E-state index in [1.807, 2.05) is 25.1 Å². The Morgan fingerprint density at radius 1 is 1.27 bits per heavy atom. The van der Waals surface area contributed by atoms with Gasteiger partial charge in [-0.05, 0) is 38.1 Å². The molecule has 1 amide bonds. The van der Waals surface area contributed by atoms with Gasteiger partial charge in [-0.2, -0.15) is 0 Å². The van der Waals surface area contributed by atoms with Crippen molar-refractivity contribution in [1.82, 2.24) is 14.9 Å². The molecule has 7 nitrogen and oxygen atoms in total. The van der Waals surface area contributed by atoms with Gasteiger partial charge in [0.15, 0.2) is 0 Å². The summed E-state index contributed by atoms with van der Waals surface area (Å²) >= 11 is 0. The van der Waals surface area contributed by atoms with Crippen LogP contribution in [0, 0.1) is 6.92 Å². The number of hydrogen-bond acceptors (Lipinski definition) is 5. The van der Waals surface area contributed by atoms with Crippen molar-refractivity contribution >= 4 is 28.6 Å². The smallest absolute Gasteiger partial charge is 0.407 e. The first kappa shape index (κ1) is 17.5. The third-order valence-corrected chi connectivity index (χ3v) is 4.00. The van der Waals surface area contributed by atoms with Crippen LogP contribution in [0.25, 0.3) is 10.9 Å². The highest BCUT2D eigenvalue weighted by atomic mass is 16.5. The van der Waals surface area contributed by atoms with Gasteiger partial charge < -0.3 is 15.8 Å². The lowest BCUT2D eigenvalue weighted by Crippen LogP contribution is -2.24. The second kappa shape index (κ2) is 7.26. The number of amides is 1. The minimum absolute atomic E-state index is 0.174. The van der Waals surface area contributed by atoms with E-state index in [-0.39, 0.29) is 12.5 Å². The summed E-state index contributed by atoms with van der Waals surface area (Å²) in [6.07, 6.45) is 1.02. The van der Waals surface area contributed by atoms with Crippen LogP contribution in [0.1, 0.15) is 28.7 Å². The van der Waals surface area contributed by atoms with Crippen LogP contribution in [0.3, 0.4) is 0 Å². The van der Waals surface area contributed by atoms with Gasteiger partial charge in [0.25, 0.3) is 5.91 Å². The fraction of sp³-hybridized carbons (Fsp3) is 0.211. The van der Waals surface area contributed by atoms with Crippen molar-refractivity contribution in [3.8, 4) is 0 Å². The Labute approximate surface area is 150 Å². The Hall–Kier alpha value is -3.35. The zero-order valence-corrected chi connectivity index (χ0v) is 14.7. The van der Waals surface area contributed by atoms with E-state index in [4.69, 9.17) is 10.5 Å². The van der Waals surface area contributed by atoms with E-state index in [0.29, 0.717) is 29.1 Å². The number of nitrogen functional groups attached to an aromatic ring is 1. The predicted octanol–water partition coefficient (Wildman–Crippen LogP) is 2.86. The van der Waals surface area contributed by atoms with Crippen LogP contribution in [0.15, 0.2) is 42.6 Å². The summed E-state index contributed by atoms with van der Waals surface area (Å²) in [5, 5.41) is 3.50. The molecular weight excluding hydrogens is 332 g/mol. The number of nitrogens with two attached hydrogens (primary N) is 1. The summed E-state index contributed by atoms with van der Waals surface area (Å²) in [5.74, 6) is -0.199. The second-order valence-corrected chi connectivity index (χ2v) is 5.82. The maximum Gasteiger partial charge on any atom is 0.407 e. The van der Waals surface area contributed by atoms with E-state index in [0.717, 1.165) is 11.1 Å². The molecule has 0 spiro atoms. The van der Waals surface area contributed by atoms with Crippen LogP contribution in [-0.2, 0) is 11.3 Å². The fourth-order valence-corrected chi connectivity index (χ4v) is 2.86. The molecule has 3 N–H and O–H groups in total. The average molecular weight is 352 g/mol. The molecule has 0 aliphatic carbocycles. The molecule has 2 aromatic heterocycles. The van der Waals surface area contributed by atoms with Gasteiger partial charge in [0, 0.05) is 22.8 Å². The van der Waals surface area contributed by atoms with Crippen LogP contribution >= 0.6 is 0 Å². The molecule has 0 radical (unpaired) electrons. The number of nitrogens with one attached hydrogen (secondary N) is 1. The molecule has 26 heavy (non-hydrogen) atoms. The molecule has 0 atom stereocenters. The van der Waals surface area contributed by atoms with Gasteiger partial charge in [-0.1, -0.05) is 12.1 Å². The predicted molar refractivity (Wildman–Crippen MR) is 98.9 cm³/mol. The highest BCUT2D eigenvalue weighted by Gasteiger charge is 2.17. The number of alkyl carbamates (subject to hydrolysis) is 1. The zero-order valence-electron chi connectivity index (χ0n) is 14.7. The molecular formula is C19H20N4O3. The minimum atomic E-state index is -0.522. The second-order valence-electron chi connectivity index (χ2n) is 5.82. The van der Waals surface area contributed by atoms with Gasteiger partial charge >= 0.3 is 6.09 Å². The van der Waals surface area contributed by atoms with Crippen molar-refractivity contribution in [3.05, 3.63) is 59.5 Å². The van der Waals surface area contributed by atoms with Gasteiger partial charge in [0.1, 0.15) is 0 Å². The van der Waals surface area contributed by atoms with E-state index in [1.54, 1.807) is 35.9 Å². The maximum absolute atomic E-state index is 13.1. The standard InChI is InChI=1S/C19H20N4O3/c1-3-26-19(25)22-11-15-10-14(7-8-21-15)18(24)23-12(2)9-13-5-4-6-16(20)17(13)23/h4-10H,3,11,20H2,1-2H3,(H,22,25). The zero-order chi connectivity index (χ0) is 18.7. The number of nitrogens with zero attached hydrogens (tertiary/aromatic N) is 2. The molecule has 0 unspecified atom stereocenters. The SMILES string of the molecule is CCOC(=O)NCc1cc(C(=O)n2c(C)cc3cccc(N)c32)ccn1. The largest absolute Gasteiger partial charge is 0.450 e. The quantitative estimate of drug-likeness (QED) is 0.704. The molecule has 7 heteroatoms. The molecule has 1 aromatic carbocycles. The number of benzene rings is 1. The number of aryl methyl sites for hydroxylation is 1. The van der Waals surface area contributed by atoms with Crippen LogP contribution in [0.5, 0.6) is 0 Å². The summed E-state index contributed by atoms with van der Waals surface area (Å²) in [6, 6.07) is 10.8. The van der Waals surface area contributed by atoms with E-state index < -0.39 is 6.09 Å². The number of rotatable bonds is 4. The van der Waals surface area contributed by atoms with Crippen LogP contribution in [0.2, 0.25) is 0 Å². The van der Waals surface area contributed by atoms with Gasteiger partial charge in [-0.15, -0.1) is 0 Å². The lowest BCUT2D eigenvalue weighted by Gasteiger charge is -2.10. The number of carbonyl (C=O) groups is 2. The van der Waals surface area contributed by atoms with Crippen molar-refractivity contribution in [2.24, 2.45) is 0 Å². The number of fused-ring (bicyclic) bond motifs is 1. The number of ether oxygens (including phenoxy) is 1. The number of anilines is 1. The lowest BCUT2D eigenvalue weighted by molar-refractivity contribution is 0.0963. The Morgan fingerprint density at radius 2 is 2.08 bits per heavy atom. The summed E-state index contributed by atoms with van der Waals surface area (Å²) in [5.41, 5.74) is 9.14. The monoisotopic (exact) mass is 352 g/mol. The summed E-state index contributed by atoms with van der Waals surface area (Å²) in [4.78, 5) is 28.6. The highest BCUT2D eigenvalue weighted by molar-refractivity contribution is 6.06. The fourth-order valence-electron chi connectivity index (χ4n) is 2.86. The van der Waals surface area contributed by atoms with Crippen molar-refractivity contribution in [3.63, 3.8) is 0 Å². The molecule has 0 aliphatic heterocycles. The van der Waals surface area contributed by atoms with E-state index in [1.165, 1.54) is 0 Å². The van der Waals surface area contributed by atoms with Crippen LogP contribution in [-0.4, -0.2) is 28.2 Å². The molecule has 0 saturated carbocycles. The summed E-state index contributed by atoms with van der Waals surface area (Å²) in [7, 11) is 0. The first-order valence-corrected chi connectivity index (χ1v) is 8.28. The summed E-state index contributed by atoms with van der Waals surface area (Å²) < 4.78 is 6.41. The Morgan fingerprint density at radius 3 is 2.85 bits per heavy atom. The van der Waals surface area contributed by atoms with E-state index in [2.05, 4.69) is 10.3 Å². The van der Waals surface area contributed by atoms with Gasteiger partial charge in [-0.25, -0.2) is 4.79 Å². The Kier molecular flexibility index (Phi) is 4.88. The summed E-state index contributed by atoms with van der Waals surface area (Å²) in [6.45, 7) is 4.06. The first-order valence-electron chi connectivity index (χ1n) is 8.28. The van der Waals surface area contributed by atoms with Crippen LogP contribution < -0.4 is 11.1 Å². The molecule has 3 aromatic rings. The molecule has 3 rings (SSSR count). The maximum atomic E-state index is 13.1. The van der Waals surface area contributed by atoms with Gasteiger partial charge in [-0.3, -0.25) is 14.3 Å². The number of hydrogen-bond donors (Lipinski definition) is 2. The molecule has 0 aliphatic rings. The lowest BCUT2D eigenvalue weighted by atomic mass is 10.2. The Balaban J connectivity index is 1.91. The number of pyridine rings is 1. The average Bonchev–Trinajstić information content (AvgIpc) is 2.97. The number of aromatic nitrogens is 2. The molecule has 0 saturated heterocycles. The topological polar surface area (TPSA) is 99.2 Å². The molecule has 0 bridgehead atoms. The number of carbonyl (C=O) groups excluding carboxylic acids is 2. The van der Waals surface area contributed by atoms with Crippen LogP contribution in [0.4, 0.5) is 10.5 Å². The van der Waals surface area contributed by atoms with E-state index >= 15 is 0 Å². The molecule has 2 heterocycles. The van der Waals surface area contributed by atoms with Crippen molar-refractivity contribution in [2.45, 2.75) is 20.4 Å². The number of para-hydroxylation sites is 1. The highest BCUT2D eigenvalue weighted by Crippen LogP contribution is 2.26. The van der Waals surface area contributed by atoms with Gasteiger partial charge in [0.2, 0.25) is 0 Å². The van der Waals surface area contributed by atoms with Crippen molar-refractivity contribution < 1.29 is 14.3 Å². The third kappa shape index (κ3) is 3.37. The third-order valence-electron chi connectivity index (χ3n) is 4.00. The van der Waals surface area contributed by atoms with Gasteiger partial charge in [0.05, 0.1) is 30.0 Å². The van der Waals surface area contributed by atoms with E-state index in [9.17, 15) is 9.59 Å². The normalized spacial score (nSPS) is 10.7. The molecule has 0 fully saturated rings. The first-order chi connectivity index (χ1) is 12.5. The minimum Gasteiger partial charge on any atom is -0.450 e. The van der Waals surface area contributed by atoms with Crippen molar-refractivity contribution in [1.29, 1.82) is 0 Å². The van der Waals surface area contributed by atoms with Crippen molar-refractivity contribution in [2.75, 3.05) is 12.3 Å². The Bertz CT molecular complexity index is 978. The molecule has 134 valence electrons.